The Bertz CT molecular complexity index is 1300. The van der Waals surface area contributed by atoms with Gasteiger partial charge in [0.1, 0.15) is 17.2 Å². The molecule has 0 aromatic heterocycles. The average Bonchev–Trinajstić information content (AvgIpc) is 3.36. The Morgan fingerprint density at radius 2 is 1.65 bits per heavy atom. The lowest BCUT2D eigenvalue weighted by atomic mass is 9.58. The lowest BCUT2D eigenvalue weighted by Gasteiger charge is -2.47. The highest BCUT2D eigenvalue weighted by Gasteiger charge is 2.41. The molecule has 2 fully saturated rings. The summed E-state index contributed by atoms with van der Waals surface area (Å²) in [6.45, 7) is 2.26. The molecule has 6 rings (SSSR count). The molecule has 190 valence electrons. The van der Waals surface area contributed by atoms with E-state index >= 15 is 0 Å². The van der Waals surface area contributed by atoms with E-state index in [4.69, 9.17) is 4.74 Å². The smallest absolute Gasteiger partial charge is 0.135 e. The molecule has 2 nitrogen and oxygen atoms in total. The normalized spacial score (nSPS) is 25.2. The van der Waals surface area contributed by atoms with Crippen molar-refractivity contribution in [2.45, 2.75) is 58.3 Å². The minimum atomic E-state index is 0.262. The van der Waals surface area contributed by atoms with Gasteiger partial charge >= 0.3 is 0 Å². The number of phenolic OH excluding ortho intramolecular Hbond substituents is 1. The number of para-hydroxylation sites is 1. The van der Waals surface area contributed by atoms with Crippen LogP contribution in [-0.2, 0) is 6.42 Å². The lowest BCUT2D eigenvalue weighted by molar-refractivity contribution is 0.0651. The molecule has 0 bridgehead atoms. The van der Waals surface area contributed by atoms with E-state index in [2.05, 4.69) is 43.3 Å². The summed E-state index contributed by atoms with van der Waals surface area (Å²) in [4.78, 5) is 0. The van der Waals surface area contributed by atoms with Crippen molar-refractivity contribution in [3.63, 3.8) is 0 Å². The summed E-state index contributed by atoms with van der Waals surface area (Å²) in [5.74, 6) is 5.29. The SMILES string of the molecule is CC1=CCC(C2CCC(Cc3ccc(Oc4ccccc4-c4cccc(O)c4)cc3)C3CCCCC23)=C1. The minimum Gasteiger partial charge on any atom is -0.508 e. The van der Waals surface area contributed by atoms with Gasteiger partial charge in [0.15, 0.2) is 0 Å². The summed E-state index contributed by atoms with van der Waals surface area (Å²) in [6.07, 6.45) is 15.7. The van der Waals surface area contributed by atoms with Crippen molar-refractivity contribution in [1.82, 2.24) is 0 Å². The molecular weight excluding hydrogens is 452 g/mol. The van der Waals surface area contributed by atoms with Crippen molar-refractivity contribution in [1.29, 1.82) is 0 Å². The van der Waals surface area contributed by atoms with Crippen LogP contribution in [0, 0.1) is 23.7 Å². The van der Waals surface area contributed by atoms with Crippen LogP contribution in [0.25, 0.3) is 11.1 Å². The molecule has 4 unspecified atom stereocenters. The van der Waals surface area contributed by atoms with Gasteiger partial charge in [-0.05, 0) is 111 Å². The highest BCUT2D eigenvalue weighted by Crippen LogP contribution is 2.51. The van der Waals surface area contributed by atoms with Crippen LogP contribution in [0.3, 0.4) is 0 Å². The number of ether oxygens (including phenoxy) is 1. The summed E-state index contributed by atoms with van der Waals surface area (Å²) in [7, 11) is 0. The molecule has 0 saturated heterocycles. The second kappa shape index (κ2) is 10.6. The van der Waals surface area contributed by atoms with Gasteiger partial charge in [-0.15, -0.1) is 0 Å². The number of hydrogen-bond acceptors (Lipinski definition) is 2. The van der Waals surface area contributed by atoms with Crippen molar-refractivity contribution < 1.29 is 9.84 Å². The topological polar surface area (TPSA) is 29.5 Å². The fourth-order valence-electron chi connectivity index (χ4n) is 7.35. The summed E-state index contributed by atoms with van der Waals surface area (Å²) in [5, 5.41) is 9.93. The van der Waals surface area contributed by atoms with E-state index in [1.54, 1.807) is 17.7 Å². The monoisotopic (exact) mass is 490 g/mol. The average molecular weight is 491 g/mol. The number of benzene rings is 3. The predicted octanol–water partition coefficient (Wildman–Crippen LogP) is 9.50. The first kappa shape index (κ1) is 24.1. The first-order valence-electron chi connectivity index (χ1n) is 14.2. The maximum atomic E-state index is 9.93. The van der Waals surface area contributed by atoms with E-state index in [-0.39, 0.29) is 5.75 Å². The van der Waals surface area contributed by atoms with Gasteiger partial charge in [0.2, 0.25) is 0 Å². The molecule has 1 N–H and O–H groups in total. The van der Waals surface area contributed by atoms with Crippen LogP contribution in [0.5, 0.6) is 17.2 Å². The van der Waals surface area contributed by atoms with E-state index in [1.165, 1.54) is 62.5 Å². The quantitative estimate of drug-likeness (QED) is 0.373. The summed E-state index contributed by atoms with van der Waals surface area (Å²) >= 11 is 0. The van der Waals surface area contributed by atoms with Crippen molar-refractivity contribution in [3.05, 3.63) is 102 Å². The highest BCUT2D eigenvalue weighted by molar-refractivity contribution is 5.71. The van der Waals surface area contributed by atoms with Gasteiger partial charge in [0.25, 0.3) is 0 Å². The van der Waals surface area contributed by atoms with Crippen molar-refractivity contribution in [3.8, 4) is 28.4 Å². The third kappa shape index (κ3) is 5.25. The Kier molecular flexibility index (Phi) is 6.91. The molecule has 2 heteroatoms. The minimum absolute atomic E-state index is 0.262. The molecular formula is C35H38O2. The molecule has 37 heavy (non-hydrogen) atoms. The second-order valence-corrected chi connectivity index (χ2v) is 11.4. The zero-order chi connectivity index (χ0) is 25.2. The maximum Gasteiger partial charge on any atom is 0.135 e. The first-order valence-corrected chi connectivity index (χ1v) is 14.2. The molecule has 0 amide bonds. The third-order valence-electron chi connectivity index (χ3n) is 9.09. The molecule has 4 atom stereocenters. The Hall–Kier alpha value is -3.26. The predicted molar refractivity (Wildman–Crippen MR) is 152 cm³/mol. The van der Waals surface area contributed by atoms with Crippen molar-refractivity contribution in [2.24, 2.45) is 23.7 Å². The zero-order valence-electron chi connectivity index (χ0n) is 21.9. The number of phenols is 1. The van der Waals surface area contributed by atoms with Gasteiger partial charge in [0.05, 0.1) is 0 Å². The molecule has 0 spiro atoms. The second-order valence-electron chi connectivity index (χ2n) is 11.4. The number of aromatic hydroxyl groups is 1. The molecule has 0 heterocycles. The maximum absolute atomic E-state index is 9.93. The van der Waals surface area contributed by atoms with Gasteiger partial charge in [-0.25, -0.2) is 0 Å². The van der Waals surface area contributed by atoms with E-state index in [9.17, 15) is 5.11 Å². The Labute approximate surface area is 221 Å². The van der Waals surface area contributed by atoms with Gasteiger partial charge in [-0.2, -0.15) is 0 Å². The van der Waals surface area contributed by atoms with Crippen LogP contribution >= 0.6 is 0 Å². The van der Waals surface area contributed by atoms with Crippen LogP contribution in [0.4, 0.5) is 0 Å². The van der Waals surface area contributed by atoms with Crippen LogP contribution in [-0.4, -0.2) is 5.11 Å². The Morgan fingerprint density at radius 1 is 0.838 bits per heavy atom. The Morgan fingerprint density at radius 3 is 2.43 bits per heavy atom. The van der Waals surface area contributed by atoms with E-state index < -0.39 is 0 Å². The standard InChI is InChI=1S/C35H38O2/c1-24-13-16-27(21-24)32-20-17-28(31-9-2-3-11-34(31)32)22-25-14-18-30(19-15-25)37-35-12-5-4-10-33(35)26-7-6-8-29(36)23-26/h4-8,10,12-15,18-19,21,23,28,31-32,34,36H,2-3,9,11,16-17,20,22H2,1H3. The molecule has 0 aliphatic heterocycles. The van der Waals surface area contributed by atoms with E-state index in [1.807, 2.05) is 36.4 Å². The lowest BCUT2D eigenvalue weighted by Crippen LogP contribution is -2.38. The molecule has 3 aliphatic carbocycles. The van der Waals surface area contributed by atoms with Gasteiger partial charge in [-0.3, -0.25) is 0 Å². The van der Waals surface area contributed by atoms with E-state index in [0.717, 1.165) is 46.3 Å². The zero-order valence-corrected chi connectivity index (χ0v) is 21.9. The number of hydrogen-bond donors (Lipinski definition) is 1. The molecule has 0 radical (unpaired) electrons. The van der Waals surface area contributed by atoms with Crippen LogP contribution in [0.15, 0.2) is 96.1 Å². The molecule has 3 aliphatic rings. The van der Waals surface area contributed by atoms with Crippen molar-refractivity contribution in [2.75, 3.05) is 0 Å². The number of rotatable bonds is 6. The van der Waals surface area contributed by atoms with Gasteiger partial charge in [0, 0.05) is 5.56 Å². The van der Waals surface area contributed by atoms with Crippen LogP contribution < -0.4 is 4.74 Å². The number of allylic oxidation sites excluding steroid dienone is 4. The first-order chi connectivity index (χ1) is 18.1. The highest BCUT2D eigenvalue weighted by atomic mass is 16.5. The van der Waals surface area contributed by atoms with E-state index in [0.29, 0.717) is 0 Å². The fraction of sp³-hybridized carbons (Fsp3) is 0.371. The molecule has 3 aromatic carbocycles. The largest absolute Gasteiger partial charge is 0.508 e. The van der Waals surface area contributed by atoms with Gasteiger partial charge < -0.3 is 9.84 Å². The molecule has 2 saturated carbocycles. The Balaban J connectivity index is 1.14. The summed E-state index contributed by atoms with van der Waals surface area (Å²) < 4.78 is 6.32. The molecule has 3 aromatic rings. The summed E-state index contributed by atoms with van der Waals surface area (Å²) in [6, 6.07) is 24.1. The number of fused-ring (bicyclic) bond motifs is 1. The van der Waals surface area contributed by atoms with Crippen molar-refractivity contribution >= 4 is 0 Å². The summed E-state index contributed by atoms with van der Waals surface area (Å²) in [5.41, 5.74) is 6.55. The van der Waals surface area contributed by atoms with Crippen LogP contribution in [0.2, 0.25) is 0 Å². The van der Waals surface area contributed by atoms with Gasteiger partial charge in [-0.1, -0.05) is 78.6 Å². The third-order valence-corrected chi connectivity index (χ3v) is 9.09. The van der Waals surface area contributed by atoms with Crippen LogP contribution in [0.1, 0.15) is 57.4 Å². The fourth-order valence-corrected chi connectivity index (χ4v) is 7.35.